The molecule has 1 atom stereocenters. The number of carbonyl (C=O) groups is 2. The van der Waals surface area contributed by atoms with Gasteiger partial charge in [-0.3, -0.25) is 14.5 Å². The van der Waals surface area contributed by atoms with E-state index in [0.717, 1.165) is 11.0 Å². The van der Waals surface area contributed by atoms with Crippen LogP contribution in [0.3, 0.4) is 0 Å². The number of hydrogen-bond donors (Lipinski definition) is 1. The monoisotopic (exact) mass is 316 g/mol. The van der Waals surface area contributed by atoms with E-state index in [2.05, 4.69) is 5.32 Å². The van der Waals surface area contributed by atoms with E-state index in [1.807, 2.05) is 13.8 Å². The Morgan fingerprint density at radius 3 is 2.62 bits per heavy atom. The molecule has 0 aromatic heterocycles. The largest absolute Gasteiger partial charge is 0.343 e. The zero-order valence-electron chi connectivity index (χ0n) is 11.6. The highest BCUT2D eigenvalue weighted by molar-refractivity contribution is 6.34. The van der Waals surface area contributed by atoms with Gasteiger partial charge in [-0.2, -0.15) is 0 Å². The summed E-state index contributed by atoms with van der Waals surface area (Å²) in [6.45, 7) is 3.48. The minimum absolute atomic E-state index is 0.174. The number of piperazine rings is 1. The van der Waals surface area contributed by atoms with Gasteiger partial charge in [-0.25, -0.2) is 8.78 Å². The summed E-state index contributed by atoms with van der Waals surface area (Å²) in [5, 5.41) is 2.34. The quantitative estimate of drug-likeness (QED) is 0.931. The van der Waals surface area contributed by atoms with Gasteiger partial charge in [-0.05, 0) is 18.4 Å². The van der Waals surface area contributed by atoms with Crippen molar-refractivity contribution in [3.63, 3.8) is 0 Å². The minimum Gasteiger partial charge on any atom is -0.343 e. The molecule has 7 heteroatoms. The Morgan fingerprint density at radius 2 is 2.05 bits per heavy atom. The van der Waals surface area contributed by atoms with E-state index in [1.165, 1.54) is 0 Å². The molecular formula is C14H15ClF2N2O2. The van der Waals surface area contributed by atoms with Crippen molar-refractivity contribution >= 4 is 29.1 Å². The Kier molecular flexibility index (Phi) is 4.46. The first-order valence-electron chi connectivity index (χ1n) is 6.55. The normalized spacial score (nSPS) is 19.1. The second-order valence-corrected chi connectivity index (χ2v) is 5.80. The van der Waals surface area contributed by atoms with Crippen LogP contribution in [0.25, 0.3) is 0 Å². The van der Waals surface area contributed by atoms with E-state index in [0.29, 0.717) is 12.5 Å². The Hall–Kier alpha value is -1.69. The van der Waals surface area contributed by atoms with Crippen LogP contribution in [-0.4, -0.2) is 24.4 Å². The van der Waals surface area contributed by atoms with Gasteiger partial charge < -0.3 is 5.32 Å². The van der Waals surface area contributed by atoms with Crippen molar-refractivity contribution in [3.05, 3.63) is 28.8 Å². The smallest absolute Gasteiger partial charge is 0.250 e. The van der Waals surface area contributed by atoms with E-state index in [9.17, 15) is 18.4 Å². The van der Waals surface area contributed by atoms with E-state index in [1.54, 1.807) is 0 Å². The first kappa shape index (κ1) is 15.7. The Labute approximate surface area is 126 Å². The molecule has 1 aromatic carbocycles. The molecular weight excluding hydrogens is 302 g/mol. The third-order valence-electron chi connectivity index (χ3n) is 3.16. The molecule has 1 aliphatic rings. The van der Waals surface area contributed by atoms with Gasteiger partial charge in [0.05, 0.1) is 10.7 Å². The molecule has 2 rings (SSSR count). The summed E-state index contributed by atoms with van der Waals surface area (Å²) in [6, 6.07) is 0.821. The summed E-state index contributed by atoms with van der Waals surface area (Å²) >= 11 is 5.83. The van der Waals surface area contributed by atoms with Crippen LogP contribution in [0, 0.1) is 17.6 Å². The number of rotatable bonds is 3. The number of amides is 2. The van der Waals surface area contributed by atoms with Crippen LogP contribution in [0.15, 0.2) is 12.1 Å². The predicted octanol–water partition coefficient (Wildman–Crippen LogP) is 2.50. The molecule has 0 radical (unpaired) electrons. The van der Waals surface area contributed by atoms with Crippen molar-refractivity contribution in [1.29, 1.82) is 0 Å². The number of nitrogens with zero attached hydrogens (tertiary/aromatic N) is 1. The fourth-order valence-electron chi connectivity index (χ4n) is 2.32. The minimum atomic E-state index is -0.966. The average molecular weight is 317 g/mol. The highest BCUT2D eigenvalue weighted by atomic mass is 35.5. The number of benzene rings is 1. The zero-order chi connectivity index (χ0) is 15.7. The van der Waals surface area contributed by atoms with E-state index >= 15 is 0 Å². The maximum absolute atomic E-state index is 13.9. The lowest BCUT2D eigenvalue weighted by Gasteiger charge is -2.33. The number of hydrogen-bond acceptors (Lipinski definition) is 2. The van der Waals surface area contributed by atoms with Gasteiger partial charge in [0.2, 0.25) is 11.8 Å². The summed E-state index contributed by atoms with van der Waals surface area (Å²) in [5.41, 5.74) is -0.258. The Bertz CT molecular complexity index is 569. The van der Waals surface area contributed by atoms with Crippen LogP contribution in [0.1, 0.15) is 20.3 Å². The third kappa shape index (κ3) is 3.32. The molecule has 114 valence electrons. The molecule has 1 aliphatic heterocycles. The van der Waals surface area contributed by atoms with Crippen molar-refractivity contribution in [3.8, 4) is 0 Å². The Balaban J connectivity index is 2.38. The maximum Gasteiger partial charge on any atom is 0.250 e. The highest BCUT2D eigenvalue weighted by Gasteiger charge is 2.36. The van der Waals surface area contributed by atoms with Crippen molar-refractivity contribution < 1.29 is 18.4 Å². The van der Waals surface area contributed by atoms with Crippen LogP contribution < -0.4 is 10.2 Å². The van der Waals surface area contributed by atoms with Crippen molar-refractivity contribution in [2.45, 2.75) is 26.3 Å². The van der Waals surface area contributed by atoms with Crippen LogP contribution in [-0.2, 0) is 9.59 Å². The van der Waals surface area contributed by atoms with Crippen LogP contribution in [0.5, 0.6) is 0 Å². The summed E-state index contributed by atoms with van der Waals surface area (Å²) < 4.78 is 27.0. The topological polar surface area (TPSA) is 49.4 Å². The van der Waals surface area contributed by atoms with Crippen LogP contribution >= 0.6 is 11.6 Å². The molecule has 0 saturated carbocycles. The molecule has 4 nitrogen and oxygen atoms in total. The second kappa shape index (κ2) is 5.97. The molecule has 1 aromatic rings. The van der Waals surface area contributed by atoms with Crippen LogP contribution in [0.2, 0.25) is 5.02 Å². The van der Waals surface area contributed by atoms with Gasteiger partial charge in [-0.15, -0.1) is 0 Å². The molecule has 1 unspecified atom stereocenters. The molecule has 21 heavy (non-hydrogen) atoms. The fourth-order valence-corrected chi connectivity index (χ4v) is 2.62. The molecule has 1 fully saturated rings. The second-order valence-electron chi connectivity index (χ2n) is 5.39. The standard InChI is InChI=1S/C14H15ClF2N2O2/c1-7(2)3-11-14(21)19(6-12(20)18-11)13-9(15)4-8(16)5-10(13)17/h4-5,7,11H,3,6H2,1-2H3,(H,18,20). The molecule has 0 aliphatic carbocycles. The molecule has 1 heterocycles. The zero-order valence-corrected chi connectivity index (χ0v) is 12.4. The van der Waals surface area contributed by atoms with Crippen molar-refractivity contribution in [2.24, 2.45) is 5.92 Å². The molecule has 2 amide bonds. The first-order chi connectivity index (χ1) is 9.79. The summed E-state index contributed by atoms with van der Waals surface area (Å²) in [4.78, 5) is 25.1. The van der Waals surface area contributed by atoms with Gasteiger partial charge in [0.1, 0.15) is 18.4 Å². The van der Waals surface area contributed by atoms with Crippen molar-refractivity contribution in [2.75, 3.05) is 11.4 Å². The van der Waals surface area contributed by atoms with E-state index < -0.39 is 29.5 Å². The number of nitrogens with one attached hydrogen (secondary N) is 1. The molecule has 1 N–H and O–H groups in total. The van der Waals surface area contributed by atoms with Crippen molar-refractivity contribution in [1.82, 2.24) is 5.32 Å². The highest BCUT2D eigenvalue weighted by Crippen LogP contribution is 2.31. The SMILES string of the molecule is CC(C)CC1NC(=O)CN(c2c(F)cc(F)cc2Cl)C1=O. The van der Waals surface area contributed by atoms with Gasteiger partial charge in [0.25, 0.3) is 0 Å². The van der Waals surface area contributed by atoms with Gasteiger partial charge in [0.15, 0.2) is 5.82 Å². The summed E-state index contributed by atoms with van der Waals surface area (Å²) in [7, 11) is 0. The van der Waals surface area contributed by atoms with E-state index in [-0.39, 0.29) is 23.2 Å². The lowest BCUT2D eigenvalue weighted by atomic mass is 10.0. The van der Waals surface area contributed by atoms with Crippen LogP contribution in [0.4, 0.5) is 14.5 Å². The first-order valence-corrected chi connectivity index (χ1v) is 6.92. The lowest BCUT2D eigenvalue weighted by molar-refractivity contribution is -0.131. The molecule has 1 saturated heterocycles. The third-order valence-corrected chi connectivity index (χ3v) is 3.45. The number of anilines is 1. The van der Waals surface area contributed by atoms with Gasteiger partial charge >= 0.3 is 0 Å². The van der Waals surface area contributed by atoms with E-state index in [4.69, 9.17) is 11.6 Å². The summed E-state index contributed by atoms with van der Waals surface area (Å²) in [5.74, 6) is -2.48. The number of halogens is 3. The Morgan fingerprint density at radius 1 is 1.38 bits per heavy atom. The van der Waals surface area contributed by atoms with Gasteiger partial charge in [-0.1, -0.05) is 25.4 Å². The predicted molar refractivity (Wildman–Crippen MR) is 75.1 cm³/mol. The molecule has 0 spiro atoms. The average Bonchev–Trinajstić information content (AvgIpc) is 2.32. The molecule has 0 bridgehead atoms. The lowest BCUT2D eigenvalue weighted by Crippen LogP contribution is -2.58. The maximum atomic E-state index is 13.9. The summed E-state index contributed by atoms with van der Waals surface area (Å²) in [6.07, 6.45) is 0.432. The van der Waals surface area contributed by atoms with Gasteiger partial charge in [0, 0.05) is 6.07 Å². The fraction of sp³-hybridized carbons (Fsp3) is 0.429. The number of carbonyl (C=O) groups excluding carboxylic acids is 2.